The van der Waals surface area contributed by atoms with Gasteiger partial charge in [-0.15, -0.1) is 0 Å². The molecule has 118 valence electrons. The van der Waals surface area contributed by atoms with Gasteiger partial charge in [-0.1, -0.05) is 13.3 Å². The molecule has 1 aliphatic heterocycles. The molecule has 0 aromatic heterocycles. The molecule has 1 fully saturated rings. The van der Waals surface area contributed by atoms with Gasteiger partial charge in [-0.3, -0.25) is 0 Å². The fourth-order valence-electron chi connectivity index (χ4n) is 2.17. The molecule has 0 radical (unpaired) electrons. The summed E-state index contributed by atoms with van der Waals surface area (Å²) in [5, 5.41) is 2.85. The Kier molecular flexibility index (Phi) is 6.75. The minimum absolute atomic E-state index is 0.0927. The van der Waals surface area contributed by atoms with Crippen LogP contribution in [0.5, 0.6) is 0 Å². The van der Waals surface area contributed by atoms with Crippen molar-refractivity contribution < 1.29 is 13.2 Å². The normalized spacial score (nSPS) is 18.1. The minimum atomic E-state index is -3.17. The molecule has 0 aromatic carbocycles. The van der Waals surface area contributed by atoms with Crippen LogP contribution in [0.2, 0.25) is 0 Å². The highest BCUT2D eigenvalue weighted by molar-refractivity contribution is 7.89. The largest absolute Gasteiger partial charge is 0.336 e. The van der Waals surface area contributed by atoms with Crippen LogP contribution in [0, 0.1) is 0 Å². The topological polar surface area (TPSA) is 69.7 Å². The zero-order valence-electron chi connectivity index (χ0n) is 12.8. The van der Waals surface area contributed by atoms with Gasteiger partial charge in [0.25, 0.3) is 0 Å². The molecule has 6 nitrogen and oxygen atoms in total. The number of nitrogens with one attached hydrogen (secondary N) is 1. The Balaban J connectivity index is 2.57. The van der Waals surface area contributed by atoms with Crippen molar-refractivity contribution in [1.29, 1.82) is 0 Å². The lowest BCUT2D eigenvalue weighted by Crippen LogP contribution is -2.45. The number of nitrogens with zero attached hydrogens (tertiary/aromatic N) is 2. The molecule has 20 heavy (non-hydrogen) atoms. The average molecular weight is 305 g/mol. The third-order valence-electron chi connectivity index (χ3n) is 3.30. The Morgan fingerprint density at radius 1 is 1.20 bits per heavy atom. The monoisotopic (exact) mass is 305 g/mol. The molecule has 2 amide bonds. The maximum absolute atomic E-state index is 12.2. The van der Waals surface area contributed by atoms with Crippen LogP contribution in [-0.4, -0.2) is 61.6 Å². The number of amides is 2. The highest BCUT2D eigenvalue weighted by Crippen LogP contribution is 2.10. The van der Waals surface area contributed by atoms with Gasteiger partial charge in [-0.05, 0) is 26.7 Å². The lowest BCUT2D eigenvalue weighted by atomic mass is 10.4. The molecule has 0 unspecified atom stereocenters. The Morgan fingerprint density at radius 3 is 2.50 bits per heavy atom. The summed E-state index contributed by atoms with van der Waals surface area (Å²) in [6.45, 7) is 7.79. The van der Waals surface area contributed by atoms with Crippen LogP contribution in [0.15, 0.2) is 0 Å². The van der Waals surface area contributed by atoms with E-state index in [1.54, 1.807) is 4.90 Å². The third-order valence-corrected chi connectivity index (χ3v) is 5.26. The van der Waals surface area contributed by atoms with Crippen LogP contribution in [0.1, 0.15) is 40.0 Å². The number of unbranched alkanes of at least 4 members (excludes halogenated alkanes) is 1. The van der Waals surface area contributed by atoms with E-state index in [9.17, 15) is 13.2 Å². The number of hydrogen-bond donors (Lipinski definition) is 1. The van der Waals surface area contributed by atoms with E-state index in [0.29, 0.717) is 39.0 Å². The van der Waals surface area contributed by atoms with E-state index in [-0.39, 0.29) is 17.8 Å². The molecule has 1 N–H and O–H groups in total. The van der Waals surface area contributed by atoms with Gasteiger partial charge < -0.3 is 10.2 Å². The summed E-state index contributed by atoms with van der Waals surface area (Å²) in [7, 11) is -3.17. The number of rotatable bonds is 5. The molecule has 0 bridgehead atoms. The fraction of sp³-hybridized carbons (Fsp3) is 0.923. The predicted octanol–water partition coefficient (Wildman–Crippen LogP) is 1.24. The third kappa shape index (κ3) is 5.28. The van der Waals surface area contributed by atoms with Gasteiger partial charge in [0.05, 0.1) is 5.75 Å². The second-order valence-corrected chi connectivity index (χ2v) is 7.60. The Hall–Kier alpha value is -0.820. The molecule has 0 spiro atoms. The van der Waals surface area contributed by atoms with Crippen molar-refractivity contribution in [3.63, 3.8) is 0 Å². The van der Waals surface area contributed by atoms with E-state index in [4.69, 9.17) is 0 Å². The zero-order chi connectivity index (χ0) is 15.2. The summed E-state index contributed by atoms with van der Waals surface area (Å²) in [5.74, 6) is 0.210. The second-order valence-electron chi connectivity index (χ2n) is 5.51. The van der Waals surface area contributed by atoms with E-state index in [2.05, 4.69) is 5.32 Å². The lowest BCUT2D eigenvalue weighted by Gasteiger charge is -2.23. The number of hydrogen-bond acceptors (Lipinski definition) is 3. The zero-order valence-corrected chi connectivity index (χ0v) is 13.6. The molecular weight excluding hydrogens is 278 g/mol. The van der Waals surface area contributed by atoms with E-state index in [0.717, 1.165) is 6.42 Å². The van der Waals surface area contributed by atoms with Crippen LogP contribution in [-0.2, 0) is 10.0 Å². The quantitative estimate of drug-likeness (QED) is 0.831. The predicted molar refractivity (Wildman–Crippen MR) is 80.1 cm³/mol. The summed E-state index contributed by atoms with van der Waals surface area (Å²) in [5.41, 5.74) is 0. The van der Waals surface area contributed by atoms with Gasteiger partial charge in [-0.25, -0.2) is 17.5 Å². The van der Waals surface area contributed by atoms with Crippen molar-refractivity contribution in [3.05, 3.63) is 0 Å². The van der Waals surface area contributed by atoms with Crippen molar-refractivity contribution in [2.75, 3.05) is 31.9 Å². The molecule has 0 aliphatic carbocycles. The van der Waals surface area contributed by atoms with Crippen LogP contribution < -0.4 is 5.32 Å². The maximum Gasteiger partial charge on any atom is 0.317 e. The Bertz CT molecular complexity index is 409. The van der Waals surface area contributed by atoms with Crippen molar-refractivity contribution in [3.8, 4) is 0 Å². The maximum atomic E-state index is 12.2. The van der Waals surface area contributed by atoms with Crippen LogP contribution >= 0.6 is 0 Å². The molecule has 7 heteroatoms. The number of urea groups is 1. The van der Waals surface area contributed by atoms with Gasteiger partial charge in [0, 0.05) is 32.2 Å². The highest BCUT2D eigenvalue weighted by atomic mass is 32.2. The number of carbonyl (C=O) groups excluding carboxylic acids is 1. The van der Waals surface area contributed by atoms with Gasteiger partial charge in [0.1, 0.15) is 0 Å². The first-order chi connectivity index (χ1) is 9.36. The SMILES string of the molecule is CCCCS(=O)(=O)N1CCCN(C(=O)NC(C)C)CC1. The van der Waals surface area contributed by atoms with Gasteiger partial charge in [0.15, 0.2) is 0 Å². The molecule has 1 heterocycles. The Labute approximate surface area is 122 Å². The minimum Gasteiger partial charge on any atom is -0.336 e. The summed E-state index contributed by atoms with van der Waals surface area (Å²) < 4.78 is 25.8. The number of sulfonamides is 1. The molecule has 0 aromatic rings. The Morgan fingerprint density at radius 2 is 1.90 bits per heavy atom. The lowest BCUT2D eigenvalue weighted by molar-refractivity contribution is 0.198. The van der Waals surface area contributed by atoms with Gasteiger partial charge in [-0.2, -0.15) is 0 Å². The van der Waals surface area contributed by atoms with Crippen molar-refractivity contribution >= 4 is 16.1 Å². The van der Waals surface area contributed by atoms with Gasteiger partial charge >= 0.3 is 6.03 Å². The van der Waals surface area contributed by atoms with Crippen molar-refractivity contribution in [2.45, 2.75) is 46.1 Å². The van der Waals surface area contributed by atoms with Crippen LogP contribution in [0.3, 0.4) is 0 Å². The van der Waals surface area contributed by atoms with Crippen LogP contribution in [0.4, 0.5) is 4.79 Å². The van der Waals surface area contributed by atoms with Crippen LogP contribution in [0.25, 0.3) is 0 Å². The summed E-state index contributed by atoms with van der Waals surface area (Å²) >= 11 is 0. The smallest absolute Gasteiger partial charge is 0.317 e. The summed E-state index contributed by atoms with van der Waals surface area (Å²) in [6.07, 6.45) is 2.25. The summed E-state index contributed by atoms with van der Waals surface area (Å²) in [6, 6.07) is -0.0112. The standard InChI is InChI=1S/C13H27N3O3S/c1-4-5-11-20(18,19)16-8-6-7-15(9-10-16)13(17)14-12(2)3/h12H,4-11H2,1-3H3,(H,14,17). The molecular formula is C13H27N3O3S. The van der Waals surface area contributed by atoms with Crippen molar-refractivity contribution in [2.24, 2.45) is 0 Å². The highest BCUT2D eigenvalue weighted by Gasteiger charge is 2.26. The first-order valence-corrected chi connectivity index (χ1v) is 9.01. The second kappa shape index (κ2) is 7.83. The van der Waals surface area contributed by atoms with E-state index < -0.39 is 10.0 Å². The number of carbonyl (C=O) groups is 1. The molecule has 1 saturated heterocycles. The summed E-state index contributed by atoms with van der Waals surface area (Å²) in [4.78, 5) is 13.6. The van der Waals surface area contributed by atoms with E-state index in [1.807, 2.05) is 20.8 Å². The van der Waals surface area contributed by atoms with Gasteiger partial charge in [0.2, 0.25) is 10.0 Å². The van der Waals surface area contributed by atoms with E-state index >= 15 is 0 Å². The first kappa shape index (κ1) is 17.2. The molecule has 1 aliphatic rings. The first-order valence-electron chi connectivity index (χ1n) is 7.40. The average Bonchev–Trinajstić information content (AvgIpc) is 2.61. The fourth-order valence-corrected chi connectivity index (χ4v) is 3.85. The van der Waals surface area contributed by atoms with E-state index in [1.165, 1.54) is 4.31 Å². The van der Waals surface area contributed by atoms with Crippen molar-refractivity contribution in [1.82, 2.24) is 14.5 Å². The molecule has 0 saturated carbocycles. The molecule has 0 atom stereocenters. The molecule has 1 rings (SSSR count).